The zero-order valence-corrected chi connectivity index (χ0v) is 12.0. The highest BCUT2D eigenvalue weighted by Gasteiger charge is 2.31. The SMILES string of the molecule is CC1CN(C(=O)OC(C)(C)C)CCC1OCC(=O)O. The number of piperidine rings is 1. The highest BCUT2D eigenvalue weighted by molar-refractivity contribution is 5.68. The van der Waals surface area contributed by atoms with Crippen molar-refractivity contribution in [2.45, 2.75) is 45.8 Å². The fourth-order valence-electron chi connectivity index (χ4n) is 2.04. The van der Waals surface area contributed by atoms with Crippen LogP contribution in [0.1, 0.15) is 34.1 Å². The van der Waals surface area contributed by atoms with Crippen molar-refractivity contribution in [3.05, 3.63) is 0 Å². The maximum absolute atomic E-state index is 11.9. The first kappa shape index (κ1) is 15.8. The Balaban J connectivity index is 2.44. The van der Waals surface area contributed by atoms with Gasteiger partial charge in [0.1, 0.15) is 12.2 Å². The quantitative estimate of drug-likeness (QED) is 0.847. The lowest BCUT2D eigenvalue weighted by Gasteiger charge is -2.37. The Morgan fingerprint density at radius 3 is 2.47 bits per heavy atom. The molecule has 1 aliphatic heterocycles. The number of hydrogen-bond acceptors (Lipinski definition) is 4. The number of rotatable bonds is 3. The van der Waals surface area contributed by atoms with Crippen LogP contribution in [0.25, 0.3) is 0 Å². The van der Waals surface area contributed by atoms with Crippen LogP contribution in [0.3, 0.4) is 0 Å². The molecule has 1 aliphatic rings. The average molecular weight is 273 g/mol. The maximum atomic E-state index is 11.9. The van der Waals surface area contributed by atoms with Crippen molar-refractivity contribution in [3.63, 3.8) is 0 Å². The molecule has 0 aromatic heterocycles. The average Bonchev–Trinajstić information content (AvgIpc) is 2.24. The fourth-order valence-corrected chi connectivity index (χ4v) is 2.04. The van der Waals surface area contributed by atoms with Crippen molar-refractivity contribution in [1.82, 2.24) is 4.90 Å². The van der Waals surface area contributed by atoms with Gasteiger partial charge in [-0.3, -0.25) is 0 Å². The summed E-state index contributed by atoms with van der Waals surface area (Å²) < 4.78 is 10.6. The molecule has 0 aromatic rings. The van der Waals surface area contributed by atoms with Crippen molar-refractivity contribution in [2.75, 3.05) is 19.7 Å². The fraction of sp³-hybridized carbons (Fsp3) is 0.846. The van der Waals surface area contributed by atoms with Crippen LogP contribution in [0.15, 0.2) is 0 Å². The van der Waals surface area contributed by atoms with Gasteiger partial charge in [-0.1, -0.05) is 6.92 Å². The monoisotopic (exact) mass is 273 g/mol. The molecule has 6 heteroatoms. The molecule has 0 aromatic carbocycles. The van der Waals surface area contributed by atoms with E-state index in [-0.39, 0.29) is 24.7 Å². The number of carbonyl (C=O) groups is 2. The van der Waals surface area contributed by atoms with E-state index in [1.54, 1.807) is 4.90 Å². The molecule has 2 unspecified atom stereocenters. The predicted molar refractivity (Wildman–Crippen MR) is 69.0 cm³/mol. The lowest BCUT2D eigenvalue weighted by atomic mass is 9.97. The lowest BCUT2D eigenvalue weighted by molar-refractivity contribution is -0.146. The lowest BCUT2D eigenvalue weighted by Crippen LogP contribution is -2.47. The minimum atomic E-state index is -0.971. The first-order valence-corrected chi connectivity index (χ1v) is 6.50. The molecular weight excluding hydrogens is 250 g/mol. The summed E-state index contributed by atoms with van der Waals surface area (Å²) in [7, 11) is 0. The predicted octanol–water partition coefficient (Wildman–Crippen LogP) is 1.73. The Labute approximate surface area is 113 Å². The summed E-state index contributed by atoms with van der Waals surface area (Å²) in [6.07, 6.45) is 0.194. The zero-order valence-electron chi connectivity index (χ0n) is 12.0. The van der Waals surface area contributed by atoms with E-state index < -0.39 is 11.6 Å². The summed E-state index contributed by atoms with van der Waals surface area (Å²) in [6, 6.07) is 0. The van der Waals surface area contributed by atoms with Crippen molar-refractivity contribution in [2.24, 2.45) is 5.92 Å². The van der Waals surface area contributed by atoms with Gasteiger partial charge in [0.2, 0.25) is 0 Å². The first-order valence-electron chi connectivity index (χ1n) is 6.50. The van der Waals surface area contributed by atoms with Crippen molar-refractivity contribution in [3.8, 4) is 0 Å². The number of likely N-dealkylation sites (tertiary alicyclic amines) is 1. The first-order chi connectivity index (χ1) is 8.69. The molecule has 1 rings (SSSR count). The third-order valence-corrected chi connectivity index (χ3v) is 2.90. The molecule has 1 amide bonds. The molecule has 6 nitrogen and oxygen atoms in total. The number of hydrogen-bond donors (Lipinski definition) is 1. The van der Waals surface area contributed by atoms with Gasteiger partial charge in [0.25, 0.3) is 0 Å². The molecule has 0 spiro atoms. The van der Waals surface area contributed by atoms with E-state index in [2.05, 4.69) is 0 Å². The molecule has 1 heterocycles. The third-order valence-electron chi connectivity index (χ3n) is 2.90. The number of ether oxygens (including phenoxy) is 2. The largest absolute Gasteiger partial charge is 0.480 e. The smallest absolute Gasteiger partial charge is 0.410 e. The molecule has 2 atom stereocenters. The minimum absolute atomic E-state index is 0.0978. The van der Waals surface area contributed by atoms with Gasteiger partial charge in [0, 0.05) is 19.0 Å². The minimum Gasteiger partial charge on any atom is -0.480 e. The van der Waals surface area contributed by atoms with E-state index >= 15 is 0 Å². The second-order valence-corrected chi connectivity index (χ2v) is 5.94. The molecule has 19 heavy (non-hydrogen) atoms. The van der Waals surface area contributed by atoms with Gasteiger partial charge in [0.05, 0.1) is 6.10 Å². The van der Waals surface area contributed by atoms with Crippen molar-refractivity contribution < 1.29 is 24.2 Å². The number of carbonyl (C=O) groups excluding carboxylic acids is 1. The van der Waals surface area contributed by atoms with Crippen molar-refractivity contribution >= 4 is 12.1 Å². The third kappa shape index (κ3) is 5.46. The van der Waals surface area contributed by atoms with Gasteiger partial charge >= 0.3 is 12.1 Å². The zero-order chi connectivity index (χ0) is 14.6. The topological polar surface area (TPSA) is 76.1 Å². The van der Waals surface area contributed by atoms with Crippen LogP contribution in [0.2, 0.25) is 0 Å². The van der Waals surface area contributed by atoms with Gasteiger partial charge in [-0.05, 0) is 27.2 Å². The Morgan fingerprint density at radius 2 is 2.00 bits per heavy atom. The summed E-state index contributed by atoms with van der Waals surface area (Å²) in [6.45, 7) is 8.21. The second-order valence-electron chi connectivity index (χ2n) is 5.94. The van der Waals surface area contributed by atoms with E-state index in [0.29, 0.717) is 19.5 Å². The van der Waals surface area contributed by atoms with E-state index in [0.717, 1.165) is 0 Å². The number of carboxylic acid groups (broad SMARTS) is 1. The molecule has 0 saturated carbocycles. The summed E-state index contributed by atoms with van der Waals surface area (Å²) in [5, 5.41) is 8.59. The van der Waals surface area contributed by atoms with Crippen molar-refractivity contribution in [1.29, 1.82) is 0 Å². The Kier molecular flexibility index (Phi) is 5.17. The van der Waals surface area contributed by atoms with Crippen LogP contribution in [0.4, 0.5) is 4.79 Å². The highest BCUT2D eigenvalue weighted by atomic mass is 16.6. The van der Waals surface area contributed by atoms with Crippen LogP contribution in [0, 0.1) is 5.92 Å². The van der Waals surface area contributed by atoms with E-state index in [9.17, 15) is 9.59 Å². The summed E-state index contributed by atoms with van der Waals surface area (Å²) in [4.78, 5) is 24.0. The highest BCUT2D eigenvalue weighted by Crippen LogP contribution is 2.21. The molecule has 0 aliphatic carbocycles. The van der Waals surface area contributed by atoms with Crippen LogP contribution in [-0.2, 0) is 14.3 Å². The number of carboxylic acids is 1. The van der Waals surface area contributed by atoms with Crippen LogP contribution >= 0.6 is 0 Å². The van der Waals surface area contributed by atoms with E-state index in [1.165, 1.54) is 0 Å². The Morgan fingerprint density at radius 1 is 1.37 bits per heavy atom. The number of amides is 1. The molecule has 0 radical (unpaired) electrons. The second kappa shape index (κ2) is 6.23. The van der Waals surface area contributed by atoms with Gasteiger partial charge in [-0.15, -0.1) is 0 Å². The molecule has 1 N–H and O–H groups in total. The maximum Gasteiger partial charge on any atom is 0.410 e. The summed E-state index contributed by atoms with van der Waals surface area (Å²) in [5.74, 6) is -0.873. The van der Waals surface area contributed by atoms with Crippen LogP contribution in [0.5, 0.6) is 0 Å². The standard InChI is InChI=1S/C13H23NO5/c1-9-7-14(12(17)19-13(2,3)4)6-5-10(9)18-8-11(15)16/h9-10H,5-8H2,1-4H3,(H,15,16). The van der Waals surface area contributed by atoms with Gasteiger partial charge in [0.15, 0.2) is 0 Å². The summed E-state index contributed by atoms with van der Waals surface area (Å²) in [5.41, 5.74) is -0.503. The summed E-state index contributed by atoms with van der Waals surface area (Å²) >= 11 is 0. The molecule has 0 bridgehead atoms. The van der Waals surface area contributed by atoms with E-state index in [4.69, 9.17) is 14.6 Å². The van der Waals surface area contributed by atoms with E-state index in [1.807, 2.05) is 27.7 Å². The Bertz CT molecular complexity index is 336. The molecule has 110 valence electrons. The Hall–Kier alpha value is -1.30. The van der Waals surface area contributed by atoms with Gasteiger partial charge < -0.3 is 19.5 Å². The molecule has 1 fully saturated rings. The molecule has 1 saturated heterocycles. The van der Waals surface area contributed by atoms with Crippen LogP contribution in [-0.4, -0.2) is 53.5 Å². The van der Waals surface area contributed by atoms with Gasteiger partial charge in [-0.2, -0.15) is 0 Å². The number of nitrogens with zero attached hydrogens (tertiary/aromatic N) is 1. The van der Waals surface area contributed by atoms with Crippen LogP contribution < -0.4 is 0 Å². The van der Waals surface area contributed by atoms with Gasteiger partial charge in [-0.25, -0.2) is 9.59 Å². The number of aliphatic carboxylic acids is 1. The molecular formula is C13H23NO5. The normalized spacial score (nSPS) is 24.1.